The first-order valence-corrected chi connectivity index (χ1v) is 11.0. The number of anilines is 1. The van der Waals surface area contributed by atoms with E-state index >= 15 is 0 Å². The number of amides is 4. The van der Waals surface area contributed by atoms with Gasteiger partial charge in [-0.25, -0.2) is 9.78 Å². The number of para-hydroxylation sites is 1. The van der Waals surface area contributed by atoms with Crippen LogP contribution in [-0.2, 0) is 15.1 Å². The number of carbonyl (C=O) groups excluding carboxylic acids is 3. The first kappa shape index (κ1) is 20.1. The molecule has 0 spiro atoms. The summed E-state index contributed by atoms with van der Waals surface area (Å²) < 4.78 is 0.958. The number of fused-ring (bicyclic) bond motifs is 2. The van der Waals surface area contributed by atoms with E-state index in [9.17, 15) is 14.4 Å². The number of aromatic nitrogens is 1. The second-order valence-electron chi connectivity index (χ2n) is 8.00. The van der Waals surface area contributed by atoms with Crippen LogP contribution in [-0.4, -0.2) is 34.3 Å². The Morgan fingerprint density at radius 2 is 1.88 bits per heavy atom. The van der Waals surface area contributed by atoms with E-state index in [-0.39, 0.29) is 6.54 Å². The number of benzene rings is 3. The van der Waals surface area contributed by atoms with Crippen LogP contribution >= 0.6 is 11.3 Å². The average Bonchev–Trinajstić information content (AvgIpc) is 3.28. The molecule has 2 N–H and O–H groups in total. The van der Waals surface area contributed by atoms with Gasteiger partial charge in [0.25, 0.3) is 5.91 Å². The molecule has 0 radical (unpaired) electrons. The number of nitrogens with one attached hydrogen (secondary N) is 2. The predicted molar refractivity (Wildman–Crippen MR) is 125 cm³/mol. The molecule has 1 atom stereocenters. The van der Waals surface area contributed by atoms with Crippen molar-refractivity contribution in [2.24, 2.45) is 0 Å². The zero-order valence-electron chi connectivity index (χ0n) is 17.5. The van der Waals surface area contributed by atoms with Gasteiger partial charge in [-0.2, -0.15) is 0 Å². The van der Waals surface area contributed by atoms with Gasteiger partial charge in [0.2, 0.25) is 5.91 Å². The van der Waals surface area contributed by atoms with E-state index in [1.807, 2.05) is 67.6 Å². The minimum absolute atomic E-state index is 0.386. The van der Waals surface area contributed by atoms with Crippen molar-refractivity contribution in [3.05, 3.63) is 71.8 Å². The number of rotatable bonds is 4. The van der Waals surface area contributed by atoms with Crippen molar-refractivity contribution in [3.8, 4) is 0 Å². The maximum Gasteiger partial charge on any atom is 0.325 e. The molecule has 0 bridgehead atoms. The third-order valence-electron chi connectivity index (χ3n) is 5.77. The van der Waals surface area contributed by atoms with Crippen molar-refractivity contribution >= 4 is 55.3 Å². The highest BCUT2D eigenvalue weighted by atomic mass is 32.1. The first-order valence-electron chi connectivity index (χ1n) is 10.1. The summed E-state index contributed by atoms with van der Waals surface area (Å²) >= 11 is 1.35. The minimum Gasteiger partial charge on any atom is -0.319 e. The SMILES string of the molecule is Cc1cccc2sc(NC(=O)CN3C(=O)NC(C)(c4ccc5ccccc5c4)C3=O)nc12. The molecule has 160 valence electrons. The number of carbonyl (C=O) groups is 3. The number of imide groups is 1. The Bertz CT molecular complexity index is 1410. The molecule has 0 aliphatic carbocycles. The monoisotopic (exact) mass is 444 g/mol. The maximum atomic E-state index is 13.2. The van der Waals surface area contributed by atoms with Crippen LogP contribution in [0.4, 0.5) is 9.93 Å². The fourth-order valence-electron chi connectivity index (χ4n) is 3.98. The molecule has 0 saturated carbocycles. The van der Waals surface area contributed by atoms with E-state index in [1.165, 1.54) is 11.3 Å². The third kappa shape index (κ3) is 3.29. The first-order chi connectivity index (χ1) is 15.3. The summed E-state index contributed by atoms with van der Waals surface area (Å²) in [6.07, 6.45) is 0. The molecule has 1 aromatic heterocycles. The molecule has 7 nitrogen and oxygen atoms in total. The summed E-state index contributed by atoms with van der Waals surface area (Å²) in [5, 5.41) is 7.91. The van der Waals surface area contributed by atoms with E-state index in [1.54, 1.807) is 6.92 Å². The Hall–Kier alpha value is -3.78. The molecule has 1 aliphatic rings. The summed E-state index contributed by atoms with van der Waals surface area (Å²) in [7, 11) is 0. The summed E-state index contributed by atoms with van der Waals surface area (Å²) in [6, 6.07) is 18.7. The van der Waals surface area contributed by atoms with Crippen LogP contribution in [0.2, 0.25) is 0 Å². The molecule has 1 aliphatic heterocycles. The Morgan fingerprint density at radius 3 is 2.66 bits per heavy atom. The van der Waals surface area contributed by atoms with Gasteiger partial charge < -0.3 is 10.6 Å². The molecular weight excluding hydrogens is 424 g/mol. The van der Waals surface area contributed by atoms with Crippen molar-refractivity contribution in [1.82, 2.24) is 15.2 Å². The molecule has 4 amide bonds. The van der Waals surface area contributed by atoms with E-state index < -0.39 is 23.4 Å². The molecule has 5 rings (SSSR count). The molecule has 1 saturated heterocycles. The Morgan fingerprint density at radius 1 is 1.09 bits per heavy atom. The maximum absolute atomic E-state index is 13.2. The number of thiazole rings is 1. The van der Waals surface area contributed by atoms with Crippen molar-refractivity contribution < 1.29 is 14.4 Å². The third-order valence-corrected chi connectivity index (χ3v) is 6.71. The molecular formula is C24H20N4O3S. The van der Waals surface area contributed by atoms with Crippen molar-refractivity contribution in [2.45, 2.75) is 19.4 Å². The zero-order valence-corrected chi connectivity index (χ0v) is 18.3. The average molecular weight is 445 g/mol. The Labute approximate surface area is 188 Å². The standard InChI is InChI=1S/C24H20N4O3S/c1-14-6-5-9-18-20(14)26-22(32-18)25-19(29)13-28-21(30)24(2,27-23(28)31)17-11-10-15-7-3-4-8-16(15)12-17/h3-12H,13H2,1-2H3,(H,27,31)(H,25,26,29). The van der Waals surface area contributed by atoms with Gasteiger partial charge in [-0.05, 0) is 47.9 Å². The van der Waals surface area contributed by atoms with Crippen molar-refractivity contribution in [2.75, 3.05) is 11.9 Å². The lowest BCUT2D eigenvalue weighted by Crippen LogP contribution is -2.42. The van der Waals surface area contributed by atoms with Gasteiger partial charge in [0.15, 0.2) is 5.13 Å². The number of hydrogen-bond acceptors (Lipinski definition) is 5. The Balaban J connectivity index is 1.35. The highest BCUT2D eigenvalue weighted by Gasteiger charge is 2.49. The molecule has 1 fully saturated rings. The number of aryl methyl sites for hydroxylation is 1. The van der Waals surface area contributed by atoms with Crippen LogP contribution < -0.4 is 10.6 Å². The number of hydrogen-bond donors (Lipinski definition) is 2. The fraction of sp³-hybridized carbons (Fsp3) is 0.167. The summed E-state index contributed by atoms with van der Waals surface area (Å²) in [4.78, 5) is 43.8. The fourth-order valence-corrected chi connectivity index (χ4v) is 4.94. The van der Waals surface area contributed by atoms with E-state index in [2.05, 4.69) is 15.6 Å². The molecule has 4 aromatic rings. The van der Waals surface area contributed by atoms with Crippen LogP contribution in [0.3, 0.4) is 0 Å². The Kier molecular flexibility index (Phi) is 4.67. The van der Waals surface area contributed by atoms with Crippen molar-refractivity contribution in [3.63, 3.8) is 0 Å². The van der Waals surface area contributed by atoms with E-state index in [0.29, 0.717) is 10.7 Å². The zero-order chi connectivity index (χ0) is 22.5. The highest BCUT2D eigenvalue weighted by molar-refractivity contribution is 7.22. The molecule has 3 aromatic carbocycles. The van der Waals surface area contributed by atoms with Gasteiger partial charge in [-0.1, -0.05) is 59.9 Å². The number of urea groups is 1. The van der Waals surface area contributed by atoms with Gasteiger partial charge in [0, 0.05) is 0 Å². The topological polar surface area (TPSA) is 91.4 Å². The normalized spacial score (nSPS) is 18.4. The molecule has 1 unspecified atom stereocenters. The smallest absolute Gasteiger partial charge is 0.319 e. The van der Waals surface area contributed by atoms with Crippen molar-refractivity contribution in [1.29, 1.82) is 0 Å². The van der Waals surface area contributed by atoms with Gasteiger partial charge in [0.05, 0.1) is 10.2 Å². The van der Waals surface area contributed by atoms with Crippen LogP contribution in [0, 0.1) is 6.92 Å². The van der Waals surface area contributed by atoms with Gasteiger partial charge in [-0.15, -0.1) is 0 Å². The molecule has 2 heterocycles. The predicted octanol–water partition coefficient (Wildman–Crippen LogP) is 4.16. The van der Waals surface area contributed by atoms with Crippen LogP contribution in [0.1, 0.15) is 18.1 Å². The van der Waals surface area contributed by atoms with Gasteiger partial charge >= 0.3 is 6.03 Å². The quantitative estimate of drug-likeness (QED) is 0.462. The second kappa shape index (κ2) is 7.42. The summed E-state index contributed by atoms with van der Waals surface area (Å²) in [6.45, 7) is 3.23. The van der Waals surface area contributed by atoms with Crippen LogP contribution in [0.15, 0.2) is 60.7 Å². The van der Waals surface area contributed by atoms with Gasteiger partial charge in [-0.3, -0.25) is 14.5 Å². The molecule has 8 heteroatoms. The highest BCUT2D eigenvalue weighted by Crippen LogP contribution is 2.31. The number of nitrogens with zero attached hydrogens (tertiary/aromatic N) is 2. The lowest BCUT2D eigenvalue weighted by Gasteiger charge is -2.22. The van der Waals surface area contributed by atoms with Crippen LogP contribution in [0.5, 0.6) is 0 Å². The molecule has 32 heavy (non-hydrogen) atoms. The summed E-state index contributed by atoms with van der Waals surface area (Å²) in [5.74, 6) is -0.943. The van der Waals surface area contributed by atoms with E-state index in [4.69, 9.17) is 0 Å². The van der Waals surface area contributed by atoms with Gasteiger partial charge in [0.1, 0.15) is 12.1 Å². The lowest BCUT2D eigenvalue weighted by atomic mass is 9.90. The minimum atomic E-state index is -1.24. The largest absolute Gasteiger partial charge is 0.325 e. The second-order valence-corrected chi connectivity index (χ2v) is 9.03. The lowest BCUT2D eigenvalue weighted by molar-refractivity contribution is -0.133. The summed E-state index contributed by atoms with van der Waals surface area (Å²) in [5.41, 5.74) is 1.26. The van der Waals surface area contributed by atoms with E-state index in [0.717, 1.165) is 31.5 Å². The van der Waals surface area contributed by atoms with Crippen LogP contribution in [0.25, 0.3) is 21.0 Å².